The molecular weight excluding hydrogens is 432 g/mol. The van der Waals surface area contributed by atoms with Crippen LogP contribution in [0.3, 0.4) is 0 Å². The van der Waals surface area contributed by atoms with Crippen LogP contribution < -0.4 is 19.5 Å². The highest BCUT2D eigenvalue weighted by Crippen LogP contribution is 2.34. The topological polar surface area (TPSA) is 77.1 Å². The number of amides is 2. The number of hydrogen-bond acceptors (Lipinski definition) is 6. The Morgan fingerprint density at radius 1 is 0.794 bits per heavy atom. The molecule has 1 heterocycles. The molecule has 0 saturated heterocycles. The molecule has 1 aliphatic rings. The van der Waals surface area contributed by atoms with Crippen LogP contribution in [-0.2, 0) is 16.1 Å². The second-order valence-corrected chi connectivity index (χ2v) is 7.85. The predicted octanol–water partition coefficient (Wildman–Crippen LogP) is 4.41. The monoisotopic (exact) mass is 458 g/mol. The van der Waals surface area contributed by atoms with Gasteiger partial charge in [-0.25, -0.2) is 0 Å². The number of methoxy groups -OCH3 is 3. The summed E-state index contributed by atoms with van der Waals surface area (Å²) in [4.78, 5) is 28.4. The maximum absolute atomic E-state index is 13.6. The molecule has 0 spiro atoms. The van der Waals surface area contributed by atoms with Crippen LogP contribution in [0.4, 0.5) is 5.69 Å². The molecule has 3 aromatic carbocycles. The normalized spacial score (nSPS) is 13.4. The fourth-order valence-electron chi connectivity index (χ4n) is 3.85. The van der Waals surface area contributed by atoms with Crippen LogP contribution >= 0.6 is 0 Å². The standard InChI is InChI=1S/C27H26N2O5/c1-17-9-11-18(12-10-17)24-25(28-20-13-21(32-2)15-22(14-20)33-3)27(31)29(26(24)30)16-19-7-5-6-8-23(19)34-4/h5-15,28H,16H2,1-4H3. The molecule has 34 heavy (non-hydrogen) atoms. The Kier molecular flexibility index (Phi) is 6.54. The van der Waals surface area contributed by atoms with Gasteiger partial charge in [0.05, 0.1) is 33.4 Å². The second-order valence-electron chi connectivity index (χ2n) is 7.85. The Morgan fingerprint density at radius 2 is 1.44 bits per heavy atom. The van der Waals surface area contributed by atoms with Crippen LogP contribution in [0.1, 0.15) is 16.7 Å². The van der Waals surface area contributed by atoms with Crippen molar-refractivity contribution in [1.29, 1.82) is 0 Å². The Morgan fingerprint density at radius 3 is 2.06 bits per heavy atom. The van der Waals surface area contributed by atoms with Gasteiger partial charge in [0.25, 0.3) is 11.8 Å². The van der Waals surface area contributed by atoms with Gasteiger partial charge < -0.3 is 19.5 Å². The molecular formula is C27H26N2O5. The molecule has 3 aromatic rings. The minimum absolute atomic E-state index is 0.0870. The molecule has 7 nitrogen and oxygen atoms in total. The summed E-state index contributed by atoms with van der Waals surface area (Å²) in [5.41, 5.74) is 3.51. The molecule has 2 amide bonds. The lowest BCUT2D eigenvalue weighted by Crippen LogP contribution is -2.32. The Hall–Kier alpha value is -4.26. The zero-order valence-corrected chi connectivity index (χ0v) is 19.5. The van der Waals surface area contributed by atoms with E-state index in [1.165, 1.54) is 4.90 Å². The maximum Gasteiger partial charge on any atom is 0.278 e. The van der Waals surface area contributed by atoms with E-state index in [4.69, 9.17) is 14.2 Å². The minimum Gasteiger partial charge on any atom is -0.497 e. The number of carbonyl (C=O) groups is 2. The van der Waals surface area contributed by atoms with Crippen LogP contribution in [0.2, 0.25) is 0 Å². The van der Waals surface area contributed by atoms with Gasteiger partial charge in [0.1, 0.15) is 22.9 Å². The van der Waals surface area contributed by atoms with Crippen LogP contribution in [0.15, 0.2) is 72.4 Å². The first-order valence-corrected chi connectivity index (χ1v) is 10.7. The Bertz CT molecular complexity index is 1240. The summed E-state index contributed by atoms with van der Waals surface area (Å²) in [6.07, 6.45) is 0. The van der Waals surface area contributed by atoms with Gasteiger partial charge in [-0.3, -0.25) is 14.5 Å². The van der Waals surface area contributed by atoms with Gasteiger partial charge in [-0.15, -0.1) is 0 Å². The average Bonchev–Trinajstić information content (AvgIpc) is 3.08. The SMILES string of the molecule is COc1cc(NC2=C(c3ccc(C)cc3)C(=O)N(Cc3ccccc3OC)C2=O)cc(OC)c1. The first kappa shape index (κ1) is 22.9. The molecule has 4 rings (SSSR count). The predicted molar refractivity (Wildman–Crippen MR) is 130 cm³/mol. The highest BCUT2D eigenvalue weighted by Gasteiger charge is 2.39. The number of anilines is 1. The molecule has 0 unspecified atom stereocenters. The van der Waals surface area contributed by atoms with Gasteiger partial charge in [-0.1, -0.05) is 48.0 Å². The van der Waals surface area contributed by atoms with Gasteiger partial charge in [0.15, 0.2) is 0 Å². The number of nitrogens with one attached hydrogen (secondary N) is 1. The number of para-hydroxylation sites is 1. The van der Waals surface area contributed by atoms with Crippen LogP contribution in [0, 0.1) is 6.92 Å². The summed E-state index contributed by atoms with van der Waals surface area (Å²) in [5, 5.41) is 3.15. The molecule has 174 valence electrons. The largest absolute Gasteiger partial charge is 0.497 e. The van der Waals surface area contributed by atoms with Crippen molar-refractivity contribution >= 4 is 23.1 Å². The lowest BCUT2D eigenvalue weighted by atomic mass is 10.0. The van der Waals surface area contributed by atoms with E-state index in [-0.39, 0.29) is 18.1 Å². The number of carbonyl (C=O) groups excluding carboxylic acids is 2. The van der Waals surface area contributed by atoms with E-state index in [9.17, 15) is 9.59 Å². The van der Waals surface area contributed by atoms with Crippen molar-refractivity contribution in [2.45, 2.75) is 13.5 Å². The second kappa shape index (κ2) is 9.70. The zero-order valence-electron chi connectivity index (χ0n) is 19.5. The summed E-state index contributed by atoms with van der Waals surface area (Å²) in [5.74, 6) is 0.924. The maximum atomic E-state index is 13.6. The average molecular weight is 459 g/mol. The number of rotatable bonds is 8. The molecule has 0 aromatic heterocycles. The first-order valence-electron chi connectivity index (χ1n) is 10.7. The molecule has 0 aliphatic carbocycles. The zero-order chi connectivity index (χ0) is 24.2. The smallest absolute Gasteiger partial charge is 0.278 e. The van der Waals surface area contributed by atoms with E-state index in [0.717, 1.165) is 11.1 Å². The number of imide groups is 1. The van der Waals surface area contributed by atoms with Gasteiger partial charge in [0.2, 0.25) is 0 Å². The molecule has 1 N–H and O–H groups in total. The number of ether oxygens (including phenoxy) is 3. The third-order valence-corrected chi connectivity index (χ3v) is 5.65. The van der Waals surface area contributed by atoms with E-state index in [1.807, 2.05) is 49.4 Å². The summed E-state index contributed by atoms with van der Waals surface area (Å²) in [6.45, 7) is 2.05. The number of nitrogens with zero attached hydrogens (tertiary/aromatic N) is 1. The van der Waals surface area contributed by atoms with Gasteiger partial charge >= 0.3 is 0 Å². The first-order chi connectivity index (χ1) is 16.4. The molecule has 1 aliphatic heterocycles. The Labute approximate surface area is 198 Å². The summed E-state index contributed by atoms with van der Waals surface area (Å²) in [7, 11) is 4.66. The van der Waals surface area contributed by atoms with E-state index in [1.54, 1.807) is 45.6 Å². The summed E-state index contributed by atoms with van der Waals surface area (Å²) in [6, 6.07) is 20.0. The summed E-state index contributed by atoms with van der Waals surface area (Å²) < 4.78 is 16.1. The van der Waals surface area contributed by atoms with Crippen molar-refractivity contribution in [3.8, 4) is 17.2 Å². The molecule has 0 bridgehead atoms. The number of benzene rings is 3. The van der Waals surface area contributed by atoms with Gasteiger partial charge in [-0.2, -0.15) is 0 Å². The number of aryl methyl sites for hydroxylation is 1. The van der Waals surface area contributed by atoms with E-state index >= 15 is 0 Å². The van der Waals surface area contributed by atoms with Gasteiger partial charge in [-0.05, 0) is 18.6 Å². The van der Waals surface area contributed by atoms with E-state index in [2.05, 4.69) is 5.32 Å². The molecule has 0 atom stereocenters. The van der Waals surface area contributed by atoms with Crippen LogP contribution in [0.25, 0.3) is 5.57 Å². The highest BCUT2D eigenvalue weighted by atomic mass is 16.5. The molecule has 7 heteroatoms. The number of hydrogen-bond donors (Lipinski definition) is 1. The summed E-state index contributed by atoms with van der Waals surface area (Å²) >= 11 is 0. The third kappa shape index (κ3) is 4.45. The van der Waals surface area contributed by atoms with Crippen molar-refractivity contribution in [1.82, 2.24) is 4.90 Å². The highest BCUT2D eigenvalue weighted by molar-refractivity contribution is 6.36. The van der Waals surface area contributed by atoms with E-state index < -0.39 is 5.91 Å². The van der Waals surface area contributed by atoms with Crippen molar-refractivity contribution in [2.75, 3.05) is 26.6 Å². The fraction of sp³-hybridized carbons (Fsp3) is 0.185. The third-order valence-electron chi connectivity index (χ3n) is 5.65. The van der Waals surface area contributed by atoms with Crippen molar-refractivity contribution in [3.63, 3.8) is 0 Å². The van der Waals surface area contributed by atoms with E-state index in [0.29, 0.717) is 34.1 Å². The fourth-order valence-corrected chi connectivity index (χ4v) is 3.85. The lowest BCUT2D eigenvalue weighted by molar-refractivity contribution is -0.137. The molecule has 0 saturated carbocycles. The molecule has 0 fully saturated rings. The van der Waals surface area contributed by atoms with Crippen molar-refractivity contribution in [3.05, 3.63) is 89.1 Å². The molecule has 0 radical (unpaired) electrons. The van der Waals surface area contributed by atoms with Crippen LogP contribution in [0.5, 0.6) is 17.2 Å². The van der Waals surface area contributed by atoms with Gasteiger partial charge in [0, 0.05) is 29.4 Å². The van der Waals surface area contributed by atoms with Crippen LogP contribution in [-0.4, -0.2) is 38.0 Å². The van der Waals surface area contributed by atoms with Crippen molar-refractivity contribution in [2.24, 2.45) is 0 Å². The minimum atomic E-state index is -0.423. The van der Waals surface area contributed by atoms with Crippen molar-refractivity contribution < 1.29 is 23.8 Å². The quantitative estimate of drug-likeness (QED) is 0.504. The lowest BCUT2D eigenvalue weighted by Gasteiger charge is -2.17. The Balaban J connectivity index is 1.77.